The van der Waals surface area contributed by atoms with Crippen LogP contribution < -0.4 is 5.32 Å². The molecule has 0 atom stereocenters. The molecule has 5 nitrogen and oxygen atoms in total. The fraction of sp³-hybridized carbons (Fsp3) is 0.286. The molecule has 0 bridgehead atoms. The second-order valence-corrected chi connectivity index (χ2v) is 6.99. The molecule has 0 aliphatic heterocycles. The van der Waals surface area contributed by atoms with Crippen LogP contribution in [0.5, 0.6) is 0 Å². The van der Waals surface area contributed by atoms with Crippen molar-refractivity contribution >= 4 is 5.91 Å². The lowest BCUT2D eigenvalue weighted by Crippen LogP contribution is -2.26. The molecule has 1 N–H and O–H groups in total. The number of aryl methyl sites for hydroxylation is 2. The van der Waals surface area contributed by atoms with Crippen molar-refractivity contribution in [2.45, 2.75) is 32.2 Å². The van der Waals surface area contributed by atoms with Crippen LogP contribution in [-0.4, -0.2) is 26.7 Å². The van der Waals surface area contributed by atoms with E-state index in [9.17, 15) is 4.79 Å². The van der Waals surface area contributed by atoms with Crippen molar-refractivity contribution in [1.82, 2.24) is 20.1 Å². The summed E-state index contributed by atoms with van der Waals surface area (Å²) >= 11 is 0. The average Bonchev–Trinajstić information content (AvgIpc) is 3.35. The van der Waals surface area contributed by atoms with Crippen molar-refractivity contribution in [3.05, 3.63) is 71.2 Å². The Morgan fingerprint density at radius 1 is 1.23 bits per heavy atom. The quantitative estimate of drug-likeness (QED) is 0.771. The minimum atomic E-state index is -0.0701. The second-order valence-electron chi connectivity index (χ2n) is 6.99. The highest BCUT2D eigenvalue weighted by Crippen LogP contribution is 2.21. The van der Waals surface area contributed by atoms with Crippen molar-refractivity contribution in [1.29, 1.82) is 0 Å². The number of carbonyl (C=O) groups excluding carboxylic acids is 1. The van der Waals surface area contributed by atoms with E-state index in [-0.39, 0.29) is 5.91 Å². The van der Waals surface area contributed by atoms with Gasteiger partial charge in [-0.1, -0.05) is 24.3 Å². The van der Waals surface area contributed by atoms with Gasteiger partial charge in [-0.25, -0.2) is 0 Å². The van der Waals surface area contributed by atoms with Crippen molar-refractivity contribution in [2.24, 2.45) is 7.05 Å². The molecule has 1 saturated carbocycles. The van der Waals surface area contributed by atoms with Gasteiger partial charge < -0.3 is 5.32 Å². The molecule has 1 aliphatic carbocycles. The first kappa shape index (κ1) is 16.5. The van der Waals surface area contributed by atoms with Crippen molar-refractivity contribution in [3.8, 4) is 11.3 Å². The Morgan fingerprint density at radius 3 is 2.65 bits per heavy atom. The predicted molar refractivity (Wildman–Crippen MR) is 101 cm³/mol. The molecule has 0 saturated heterocycles. The Morgan fingerprint density at radius 2 is 2.00 bits per heavy atom. The standard InChI is InChI=1S/C21H22N4O/c1-14-13-22-20(21(26)23-18-7-8-18)12-17(14)11-15-3-5-16(6-4-15)19-9-10-25(2)24-19/h3-6,9-10,12-13,18H,7-8,11H2,1-2H3,(H,23,26). The Kier molecular flexibility index (Phi) is 4.29. The molecule has 1 amide bonds. The van der Waals surface area contributed by atoms with Crippen LogP contribution in [-0.2, 0) is 13.5 Å². The van der Waals surface area contributed by atoms with E-state index in [1.54, 1.807) is 10.9 Å². The van der Waals surface area contributed by atoms with E-state index in [0.717, 1.165) is 41.6 Å². The Bertz CT molecular complexity index is 939. The van der Waals surface area contributed by atoms with Crippen LogP contribution in [0.15, 0.2) is 48.8 Å². The van der Waals surface area contributed by atoms with E-state index in [2.05, 4.69) is 39.7 Å². The largest absolute Gasteiger partial charge is 0.348 e. The van der Waals surface area contributed by atoms with Gasteiger partial charge >= 0.3 is 0 Å². The molecule has 4 rings (SSSR count). The zero-order valence-corrected chi connectivity index (χ0v) is 15.1. The lowest BCUT2D eigenvalue weighted by molar-refractivity contribution is 0.0946. The van der Waals surface area contributed by atoms with E-state index in [4.69, 9.17) is 0 Å². The molecule has 1 aromatic carbocycles. The number of nitrogens with one attached hydrogen (secondary N) is 1. The molecule has 1 fully saturated rings. The molecule has 2 heterocycles. The molecular formula is C21H22N4O. The van der Waals surface area contributed by atoms with Crippen LogP contribution in [0.3, 0.4) is 0 Å². The van der Waals surface area contributed by atoms with E-state index in [0.29, 0.717) is 11.7 Å². The summed E-state index contributed by atoms with van der Waals surface area (Å²) in [7, 11) is 1.92. The average molecular weight is 346 g/mol. The van der Waals surface area contributed by atoms with Gasteiger partial charge in [0.25, 0.3) is 5.91 Å². The highest BCUT2D eigenvalue weighted by molar-refractivity contribution is 5.92. The Labute approximate surface area is 153 Å². The number of nitrogens with zero attached hydrogens (tertiary/aromatic N) is 3. The van der Waals surface area contributed by atoms with Crippen LogP contribution in [0.4, 0.5) is 0 Å². The predicted octanol–water partition coefficient (Wildman–Crippen LogP) is 3.27. The SMILES string of the molecule is Cc1cnc(C(=O)NC2CC2)cc1Cc1ccc(-c2ccn(C)n2)cc1. The molecule has 2 aromatic heterocycles. The summed E-state index contributed by atoms with van der Waals surface area (Å²) < 4.78 is 1.80. The summed E-state index contributed by atoms with van der Waals surface area (Å²) in [6, 6.07) is 12.7. The van der Waals surface area contributed by atoms with Gasteiger partial charge in [0.05, 0.1) is 5.69 Å². The number of aromatic nitrogens is 3. The van der Waals surface area contributed by atoms with E-state index < -0.39 is 0 Å². The molecular weight excluding hydrogens is 324 g/mol. The maximum absolute atomic E-state index is 12.2. The third-order valence-electron chi connectivity index (χ3n) is 4.72. The number of hydrogen-bond acceptors (Lipinski definition) is 3. The molecule has 3 aromatic rings. The molecule has 132 valence electrons. The smallest absolute Gasteiger partial charge is 0.270 e. The van der Waals surface area contributed by atoms with Crippen molar-refractivity contribution < 1.29 is 4.79 Å². The second kappa shape index (κ2) is 6.75. The molecule has 0 unspecified atom stereocenters. The summed E-state index contributed by atoms with van der Waals surface area (Å²) in [5.41, 5.74) is 6.01. The van der Waals surface area contributed by atoms with Gasteiger partial charge in [0.2, 0.25) is 0 Å². The van der Waals surface area contributed by atoms with Gasteiger partial charge in [0, 0.05) is 31.0 Å². The maximum Gasteiger partial charge on any atom is 0.270 e. The summed E-state index contributed by atoms with van der Waals surface area (Å²) in [5.74, 6) is -0.0701. The fourth-order valence-corrected chi connectivity index (χ4v) is 2.95. The van der Waals surface area contributed by atoms with Gasteiger partial charge in [-0.3, -0.25) is 14.5 Å². The maximum atomic E-state index is 12.2. The third-order valence-corrected chi connectivity index (χ3v) is 4.72. The first-order valence-corrected chi connectivity index (χ1v) is 8.94. The number of carbonyl (C=O) groups is 1. The normalized spacial score (nSPS) is 13.6. The van der Waals surface area contributed by atoms with Crippen molar-refractivity contribution in [2.75, 3.05) is 0 Å². The Hall–Kier alpha value is -2.95. The van der Waals surface area contributed by atoms with E-state index >= 15 is 0 Å². The van der Waals surface area contributed by atoms with Crippen LogP contribution in [0.25, 0.3) is 11.3 Å². The monoisotopic (exact) mass is 346 g/mol. The topological polar surface area (TPSA) is 59.8 Å². The molecule has 0 radical (unpaired) electrons. The number of rotatable bonds is 5. The minimum absolute atomic E-state index is 0.0701. The molecule has 5 heteroatoms. The first-order valence-electron chi connectivity index (χ1n) is 8.94. The summed E-state index contributed by atoms with van der Waals surface area (Å²) in [6.45, 7) is 2.03. The molecule has 0 spiro atoms. The molecule has 1 aliphatic rings. The van der Waals surface area contributed by atoms with Gasteiger partial charge in [0.15, 0.2) is 0 Å². The van der Waals surface area contributed by atoms with Crippen LogP contribution >= 0.6 is 0 Å². The van der Waals surface area contributed by atoms with Crippen LogP contribution in [0.2, 0.25) is 0 Å². The summed E-state index contributed by atoms with van der Waals surface area (Å²) in [6.07, 6.45) is 6.66. The fourth-order valence-electron chi connectivity index (χ4n) is 2.95. The lowest BCUT2D eigenvalue weighted by atomic mass is 9.99. The van der Waals surface area contributed by atoms with Gasteiger partial charge in [-0.05, 0) is 55.0 Å². The van der Waals surface area contributed by atoms with Gasteiger partial charge in [0.1, 0.15) is 5.69 Å². The van der Waals surface area contributed by atoms with E-state index in [1.165, 1.54) is 5.56 Å². The highest BCUT2D eigenvalue weighted by Gasteiger charge is 2.24. The number of benzene rings is 1. The first-order chi connectivity index (χ1) is 12.6. The third kappa shape index (κ3) is 3.67. The zero-order valence-electron chi connectivity index (χ0n) is 15.1. The zero-order chi connectivity index (χ0) is 18.1. The number of hydrogen-bond donors (Lipinski definition) is 1. The highest BCUT2D eigenvalue weighted by atomic mass is 16.2. The Balaban J connectivity index is 1.51. The summed E-state index contributed by atoms with van der Waals surface area (Å²) in [5, 5.41) is 7.43. The van der Waals surface area contributed by atoms with Crippen LogP contribution in [0, 0.1) is 6.92 Å². The number of pyridine rings is 1. The van der Waals surface area contributed by atoms with Gasteiger partial charge in [-0.2, -0.15) is 5.10 Å². The number of amides is 1. The van der Waals surface area contributed by atoms with E-state index in [1.807, 2.05) is 32.3 Å². The minimum Gasteiger partial charge on any atom is -0.348 e. The summed E-state index contributed by atoms with van der Waals surface area (Å²) in [4.78, 5) is 16.5. The molecule has 26 heavy (non-hydrogen) atoms. The lowest BCUT2D eigenvalue weighted by Gasteiger charge is -2.09. The van der Waals surface area contributed by atoms with Gasteiger partial charge in [-0.15, -0.1) is 0 Å². The van der Waals surface area contributed by atoms with Crippen molar-refractivity contribution in [3.63, 3.8) is 0 Å². The van der Waals surface area contributed by atoms with Crippen LogP contribution in [0.1, 0.15) is 40.0 Å².